The van der Waals surface area contributed by atoms with Crippen molar-refractivity contribution in [2.24, 2.45) is 0 Å². The van der Waals surface area contributed by atoms with Gasteiger partial charge in [-0.2, -0.15) is 0 Å². The summed E-state index contributed by atoms with van der Waals surface area (Å²) in [5.41, 5.74) is 1.83. The zero-order valence-electron chi connectivity index (χ0n) is 25.5. The molecule has 0 atom stereocenters. The first-order valence-corrected chi connectivity index (χ1v) is 15.1. The van der Waals surface area contributed by atoms with Crippen molar-refractivity contribution in [3.63, 3.8) is 0 Å². The molecule has 0 saturated carbocycles. The Hall–Kier alpha value is -4.44. The van der Waals surface area contributed by atoms with E-state index >= 15 is 0 Å². The molecule has 0 aromatic heterocycles. The number of unbranched alkanes of at least 4 members (excludes halogenated alkanes) is 4. The fourth-order valence-corrected chi connectivity index (χ4v) is 5.35. The number of benzene rings is 4. The molecule has 0 spiro atoms. The van der Waals surface area contributed by atoms with E-state index in [-0.39, 0.29) is 23.3 Å². The highest BCUT2D eigenvalue weighted by Crippen LogP contribution is 2.50. The smallest absolute Gasteiger partial charge is 0.514 e. The molecule has 1 aliphatic heterocycles. The van der Waals surface area contributed by atoms with Crippen LogP contribution in [0.25, 0.3) is 32.7 Å². The van der Waals surface area contributed by atoms with E-state index in [1.807, 2.05) is 76.2 Å². The number of fused-ring (bicyclic) bond motifs is 7. The molecule has 0 N–H and O–H groups in total. The molecule has 5 rings (SSSR count). The van der Waals surface area contributed by atoms with Crippen molar-refractivity contribution >= 4 is 40.6 Å². The Kier molecular flexibility index (Phi) is 9.26. The van der Waals surface area contributed by atoms with E-state index in [0.29, 0.717) is 29.0 Å². The summed E-state index contributed by atoms with van der Waals surface area (Å²) >= 11 is 0. The summed E-state index contributed by atoms with van der Waals surface area (Å²) in [7, 11) is -1.08. The highest BCUT2D eigenvalue weighted by atomic mass is 16.6. The first-order valence-electron chi connectivity index (χ1n) is 15.1. The highest BCUT2D eigenvalue weighted by Gasteiger charge is 2.37. The number of rotatable bonds is 8. The van der Waals surface area contributed by atoms with E-state index in [2.05, 4.69) is 18.7 Å². The maximum Gasteiger partial charge on any atom is 0.690 e. The SMILES string of the molecule is CCCCCCC#CB1Oc2c(C(=O)OC(C)C)cc3ccccc3c2-c2c(c(C(=O)OC(C)C)cc3ccccc23)O1. The van der Waals surface area contributed by atoms with Gasteiger partial charge >= 0.3 is 19.1 Å². The zero-order chi connectivity index (χ0) is 30.5. The van der Waals surface area contributed by atoms with Gasteiger partial charge in [-0.15, -0.1) is 5.92 Å². The lowest BCUT2D eigenvalue weighted by atomic mass is 9.88. The van der Waals surface area contributed by atoms with Gasteiger partial charge in [0.1, 0.15) is 22.6 Å². The first kappa shape index (κ1) is 30.0. The van der Waals surface area contributed by atoms with Gasteiger partial charge in [-0.3, -0.25) is 0 Å². The maximum atomic E-state index is 13.6. The number of esters is 2. The quantitative estimate of drug-likeness (QED) is 0.0906. The molecular weight excluding hydrogens is 539 g/mol. The Morgan fingerprint density at radius 1 is 0.744 bits per heavy atom. The lowest BCUT2D eigenvalue weighted by molar-refractivity contribution is 0.0365. The third kappa shape index (κ3) is 6.49. The van der Waals surface area contributed by atoms with Crippen molar-refractivity contribution in [2.75, 3.05) is 0 Å². The lowest BCUT2D eigenvalue weighted by Gasteiger charge is -2.19. The van der Waals surface area contributed by atoms with E-state index in [0.717, 1.165) is 47.2 Å². The molecule has 4 aromatic carbocycles. The second-order valence-electron chi connectivity index (χ2n) is 11.3. The molecule has 43 heavy (non-hydrogen) atoms. The van der Waals surface area contributed by atoms with E-state index in [1.54, 1.807) is 12.1 Å². The van der Waals surface area contributed by atoms with E-state index in [4.69, 9.17) is 18.8 Å². The number of carbonyl (C=O) groups is 2. The van der Waals surface area contributed by atoms with Crippen molar-refractivity contribution in [3.8, 4) is 34.4 Å². The van der Waals surface area contributed by atoms with Crippen molar-refractivity contribution in [2.45, 2.75) is 78.9 Å². The zero-order valence-corrected chi connectivity index (χ0v) is 25.5. The minimum absolute atomic E-state index is 0.271. The van der Waals surface area contributed by atoms with Crippen molar-refractivity contribution in [1.82, 2.24) is 0 Å². The topological polar surface area (TPSA) is 71.1 Å². The van der Waals surface area contributed by atoms with Gasteiger partial charge in [0.25, 0.3) is 0 Å². The number of carbonyl (C=O) groups excluding carboxylic acids is 2. The molecule has 0 bridgehead atoms. The maximum absolute atomic E-state index is 13.6. The summed E-state index contributed by atoms with van der Waals surface area (Å²) in [6, 6.07) is 19.1. The molecular formula is C36H37BO6. The molecule has 7 heteroatoms. The number of ether oxygens (including phenoxy) is 2. The highest BCUT2D eigenvalue weighted by molar-refractivity contribution is 6.57. The molecule has 1 aliphatic rings. The average Bonchev–Trinajstić information content (AvgIpc) is 3.15. The Morgan fingerprint density at radius 3 is 1.70 bits per heavy atom. The second-order valence-corrected chi connectivity index (χ2v) is 11.3. The minimum Gasteiger partial charge on any atom is -0.514 e. The van der Waals surface area contributed by atoms with Gasteiger partial charge in [0.05, 0.1) is 12.2 Å². The minimum atomic E-state index is -1.08. The van der Waals surface area contributed by atoms with Crippen LogP contribution in [0.1, 0.15) is 87.4 Å². The Bertz CT molecular complexity index is 1620. The molecule has 0 fully saturated rings. The van der Waals surface area contributed by atoms with Gasteiger partial charge in [0.2, 0.25) is 0 Å². The summed E-state index contributed by atoms with van der Waals surface area (Å²) in [5, 5.41) is 3.34. The second kappa shape index (κ2) is 13.3. The summed E-state index contributed by atoms with van der Waals surface area (Å²) in [6.07, 6.45) is 4.37. The van der Waals surface area contributed by atoms with Gasteiger partial charge in [-0.25, -0.2) is 9.59 Å². The van der Waals surface area contributed by atoms with Crippen LogP contribution in [-0.2, 0) is 9.47 Å². The van der Waals surface area contributed by atoms with E-state index < -0.39 is 19.1 Å². The fourth-order valence-electron chi connectivity index (χ4n) is 5.35. The van der Waals surface area contributed by atoms with Gasteiger partial charge in [-0.1, -0.05) is 80.5 Å². The molecule has 0 amide bonds. The molecule has 0 aliphatic carbocycles. The summed E-state index contributed by atoms with van der Waals surface area (Å²) < 4.78 is 24.4. The number of hydrogen-bond donors (Lipinski definition) is 0. The Morgan fingerprint density at radius 2 is 1.23 bits per heavy atom. The van der Waals surface area contributed by atoms with Gasteiger partial charge < -0.3 is 18.8 Å². The van der Waals surface area contributed by atoms with Crippen molar-refractivity contribution in [1.29, 1.82) is 0 Å². The first-order chi connectivity index (χ1) is 20.8. The van der Waals surface area contributed by atoms with Crippen LogP contribution >= 0.6 is 0 Å². The standard InChI is InChI=1S/C36H37BO6/c1-6-7-8-9-10-15-20-37-42-33-29(35(38)40-23(2)3)21-25-16-11-13-18-27(25)31(33)32-28-19-14-12-17-26(28)22-30(34(32)43-37)36(39)41-24(4)5/h11-14,16-19,21-24H,6-10H2,1-5H3. The van der Waals surface area contributed by atoms with Gasteiger partial charge in [-0.05, 0) is 67.8 Å². The van der Waals surface area contributed by atoms with Crippen LogP contribution in [0, 0.1) is 11.7 Å². The predicted molar refractivity (Wildman–Crippen MR) is 172 cm³/mol. The summed E-state index contributed by atoms with van der Waals surface area (Å²) in [4.78, 5) is 27.1. The lowest BCUT2D eigenvalue weighted by Crippen LogP contribution is -2.29. The van der Waals surface area contributed by atoms with Crippen molar-refractivity contribution in [3.05, 3.63) is 71.8 Å². The van der Waals surface area contributed by atoms with Crippen LogP contribution in [0.3, 0.4) is 0 Å². The molecule has 0 unspecified atom stereocenters. The fraction of sp³-hybridized carbons (Fsp3) is 0.333. The van der Waals surface area contributed by atoms with E-state index in [9.17, 15) is 9.59 Å². The normalized spacial score (nSPS) is 12.1. The molecule has 0 radical (unpaired) electrons. The molecule has 220 valence electrons. The predicted octanol–water partition coefficient (Wildman–Crippen LogP) is 8.56. The van der Waals surface area contributed by atoms with Crippen LogP contribution in [0.15, 0.2) is 60.7 Å². The summed E-state index contributed by atoms with van der Waals surface area (Å²) in [6.45, 7) is 9.41. The largest absolute Gasteiger partial charge is 0.690 e. The van der Waals surface area contributed by atoms with Crippen LogP contribution in [0.4, 0.5) is 0 Å². The monoisotopic (exact) mass is 576 g/mol. The van der Waals surface area contributed by atoms with Gasteiger partial charge in [0, 0.05) is 17.5 Å². The molecule has 6 nitrogen and oxygen atoms in total. The molecule has 0 saturated heterocycles. The van der Waals surface area contributed by atoms with Crippen LogP contribution in [0.2, 0.25) is 0 Å². The molecule has 4 aromatic rings. The van der Waals surface area contributed by atoms with Crippen LogP contribution in [0.5, 0.6) is 11.5 Å². The Balaban J connectivity index is 1.83. The van der Waals surface area contributed by atoms with Gasteiger partial charge in [0.15, 0.2) is 0 Å². The van der Waals surface area contributed by atoms with E-state index in [1.165, 1.54) is 0 Å². The molecule has 1 heterocycles. The third-order valence-corrected chi connectivity index (χ3v) is 7.20. The third-order valence-electron chi connectivity index (χ3n) is 7.20. The average molecular weight is 576 g/mol. The Labute approximate surface area is 253 Å². The van der Waals surface area contributed by atoms with Crippen LogP contribution in [-0.4, -0.2) is 31.3 Å². The van der Waals surface area contributed by atoms with Crippen LogP contribution < -0.4 is 9.31 Å². The number of hydrogen-bond acceptors (Lipinski definition) is 6. The van der Waals surface area contributed by atoms with Crippen molar-refractivity contribution < 1.29 is 28.4 Å². The summed E-state index contributed by atoms with van der Waals surface area (Å²) in [5.74, 6) is 5.95.